The summed E-state index contributed by atoms with van der Waals surface area (Å²) in [5.41, 5.74) is 0. The maximum atomic E-state index is 13.5. The molecule has 1 amide bonds. The maximum Gasteiger partial charge on any atom is 0.472 e. The number of nitrogens with zero attached hydrogens (tertiary/aromatic N) is 1. The minimum Gasteiger partial charge on any atom is -0.456 e. The molecule has 0 aliphatic carbocycles. The van der Waals surface area contributed by atoms with Gasteiger partial charge in [-0.3, -0.25) is 18.6 Å². The van der Waals surface area contributed by atoms with Crippen LogP contribution in [0.1, 0.15) is 213 Å². The maximum absolute atomic E-state index is 13.5. The number of amides is 1. The largest absolute Gasteiger partial charge is 0.472 e. The normalized spacial score (nSPS) is 14.6. The van der Waals surface area contributed by atoms with E-state index in [4.69, 9.17) is 13.8 Å². The van der Waals surface area contributed by atoms with Crippen molar-refractivity contribution in [1.82, 2.24) is 5.32 Å². The quantitative estimate of drug-likeness (QED) is 0.0156. The molecule has 0 saturated heterocycles. The monoisotopic (exact) mass is 984 g/mol. The van der Waals surface area contributed by atoms with Crippen LogP contribution in [0.4, 0.5) is 0 Å². The van der Waals surface area contributed by atoms with Crippen LogP contribution < -0.4 is 5.32 Å². The average molecular weight is 984 g/mol. The van der Waals surface area contributed by atoms with Crippen LogP contribution in [-0.2, 0) is 27.9 Å². The van der Waals surface area contributed by atoms with Gasteiger partial charge in [-0.15, -0.1) is 0 Å². The van der Waals surface area contributed by atoms with E-state index in [1.54, 1.807) is 0 Å². The molecule has 69 heavy (non-hydrogen) atoms. The second-order valence-electron chi connectivity index (χ2n) is 19.4. The zero-order chi connectivity index (χ0) is 50.8. The van der Waals surface area contributed by atoms with Gasteiger partial charge >= 0.3 is 13.8 Å². The molecular weight excluding hydrogens is 880 g/mol. The number of allylic oxidation sites excluding steroid dienone is 15. The van der Waals surface area contributed by atoms with Gasteiger partial charge in [-0.25, -0.2) is 4.57 Å². The van der Waals surface area contributed by atoms with E-state index in [1.807, 2.05) is 39.4 Å². The lowest BCUT2D eigenvalue weighted by molar-refractivity contribution is -0.870. The van der Waals surface area contributed by atoms with Gasteiger partial charge in [0.1, 0.15) is 19.3 Å². The van der Waals surface area contributed by atoms with E-state index < -0.39 is 20.0 Å². The van der Waals surface area contributed by atoms with Crippen molar-refractivity contribution < 1.29 is 37.3 Å². The van der Waals surface area contributed by atoms with Crippen molar-refractivity contribution in [2.75, 3.05) is 40.9 Å². The van der Waals surface area contributed by atoms with Crippen LogP contribution in [0.5, 0.6) is 0 Å². The molecule has 0 rings (SSSR count). The molecule has 0 bridgehead atoms. The number of esters is 1. The molecule has 0 aliphatic rings. The van der Waals surface area contributed by atoms with Crippen LogP contribution in [0, 0.1) is 0 Å². The van der Waals surface area contributed by atoms with Gasteiger partial charge in [0, 0.05) is 12.8 Å². The summed E-state index contributed by atoms with van der Waals surface area (Å²) in [6.45, 7) is 6.77. The Morgan fingerprint density at radius 2 is 1.00 bits per heavy atom. The van der Waals surface area contributed by atoms with E-state index in [0.29, 0.717) is 23.9 Å². The van der Waals surface area contributed by atoms with Gasteiger partial charge in [0.05, 0.1) is 33.8 Å². The van der Waals surface area contributed by atoms with Gasteiger partial charge < -0.3 is 19.4 Å². The number of rotatable bonds is 48. The van der Waals surface area contributed by atoms with Crippen LogP contribution in [0.3, 0.4) is 0 Å². The van der Waals surface area contributed by atoms with Crippen molar-refractivity contribution in [3.05, 3.63) is 97.2 Å². The Labute approximate surface area is 424 Å². The minimum absolute atomic E-state index is 0.0219. The zero-order valence-corrected chi connectivity index (χ0v) is 45.9. The van der Waals surface area contributed by atoms with E-state index in [2.05, 4.69) is 105 Å². The summed E-state index contributed by atoms with van der Waals surface area (Å²) >= 11 is 0. The van der Waals surface area contributed by atoms with E-state index in [1.165, 1.54) is 83.5 Å². The second-order valence-corrected chi connectivity index (χ2v) is 20.9. The Bertz CT molecular complexity index is 1510. The fourth-order valence-corrected chi connectivity index (χ4v) is 8.02. The summed E-state index contributed by atoms with van der Waals surface area (Å²) in [4.78, 5) is 37.5. The van der Waals surface area contributed by atoms with Gasteiger partial charge in [0.25, 0.3) is 0 Å². The molecule has 0 aromatic heterocycles. The number of phosphoric acid groups is 1. The summed E-state index contributed by atoms with van der Waals surface area (Å²) in [5.74, 6) is -0.602. The topological polar surface area (TPSA) is 111 Å². The lowest BCUT2D eigenvalue weighted by Gasteiger charge is -2.27. The number of carbonyl (C=O) groups excluding carboxylic acids is 2. The first kappa shape index (κ1) is 65.9. The van der Waals surface area contributed by atoms with E-state index in [0.717, 1.165) is 83.5 Å². The fraction of sp³-hybridized carbons (Fsp3) is 0.695. The third-order valence-corrected chi connectivity index (χ3v) is 12.6. The number of ether oxygens (including phenoxy) is 1. The summed E-state index contributed by atoms with van der Waals surface area (Å²) < 4.78 is 30.5. The summed E-state index contributed by atoms with van der Waals surface area (Å²) in [6.07, 6.45) is 64.1. The molecule has 0 fully saturated rings. The molecule has 10 heteroatoms. The number of unbranched alkanes of at least 4 members (excludes halogenated alkanes) is 20. The van der Waals surface area contributed by atoms with Gasteiger partial charge in [0.15, 0.2) is 0 Å². The van der Waals surface area contributed by atoms with Crippen LogP contribution in [0.2, 0.25) is 0 Å². The summed E-state index contributed by atoms with van der Waals surface area (Å²) in [5, 5.41) is 3.00. The molecule has 3 atom stereocenters. The third kappa shape index (κ3) is 49.7. The van der Waals surface area contributed by atoms with Crippen LogP contribution >= 0.6 is 7.82 Å². The SMILES string of the molecule is CC/C=C/C=C/C=C\CCCCCCCC(=O)OC(/C=C\CCCCCCCCCCCCC)C(COP(=O)(O)OCC[N+](C)(C)C)NC(=O)CCC/C=C\C/C=C\C/C=C\C/C=C\CCCCC. The first-order valence-corrected chi connectivity index (χ1v) is 29.1. The first-order valence-electron chi connectivity index (χ1n) is 27.6. The Balaban J connectivity index is 5.53. The molecule has 3 unspecified atom stereocenters. The molecule has 0 aromatic rings. The number of carbonyl (C=O) groups is 2. The van der Waals surface area contributed by atoms with Gasteiger partial charge in [-0.05, 0) is 89.5 Å². The highest BCUT2D eigenvalue weighted by Crippen LogP contribution is 2.43. The molecule has 0 heterocycles. The first-order chi connectivity index (χ1) is 33.4. The number of quaternary nitrogens is 1. The molecule has 0 aromatic carbocycles. The van der Waals surface area contributed by atoms with E-state index in [-0.39, 0.29) is 37.9 Å². The highest BCUT2D eigenvalue weighted by Gasteiger charge is 2.30. The van der Waals surface area contributed by atoms with E-state index >= 15 is 0 Å². The molecule has 0 saturated carbocycles. The highest BCUT2D eigenvalue weighted by atomic mass is 31.2. The number of phosphoric ester groups is 1. The van der Waals surface area contributed by atoms with Gasteiger partial charge in [-0.2, -0.15) is 0 Å². The van der Waals surface area contributed by atoms with Crippen molar-refractivity contribution in [2.24, 2.45) is 0 Å². The lowest BCUT2D eigenvalue weighted by Crippen LogP contribution is -2.47. The van der Waals surface area contributed by atoms with Crippen molar-refractivity contribution >= 4 is 19.7 Å². The standard InChI is InChI=1S/C59H103N2O7P/c1-7-10-13-16-19-22-25-28-29-30-31-34-36-39-42-45-48-51-58(62)60-56(55-67-69(64,65)66-54-53-61(4,5)6)57(50-47-44-41-38-35-32-26-23-20-17-14-11-8-2)68-59(63)52-49-46-43-40-37-33-27-24-21-18-15-12-9-3/h12,15,18-19,21-22,24,27-29,31,34,39,42,47,50,56-57H,7-11,13-14,16-17,20,23,25-26,30,32-33,35-38,40-41,43-46,48-49,51-55H2,1-6H3,(H-,60,62,64,65)/p+1/b15-12+,21-18+,22-19-,27-24-,29-28-,34-31-,42-39-,50-47-. The Morgan fingerprint density at radius 1 is 0.536 bits per heavy atom. The molecule has 0 aliphatic heterocycles. The summed E-state index contributed by atoms with van der Waals surface area (Å²) in [7, 11) is 1.43. The number of likely N-dealkylation sites (N-methyl/N-ethyl adjacent to an activating group) is 1. The Kier molecular flexibility index (Phi) is 46.4. The van der Waals surface area contributed by atoms with Crippen LogP contribution in [0.15, 0.2) is 97.2 Å². The van der Waals surface area contributed by atoms with Crippen molar-refractivity contribution in [3.8, 4) is 0 Å². The fourth-order valence-electron chi connectivity index (χ4n) is 7.28. The van der Waals surface area contributed by atoms with Crippen molar-refractivity contribution in [2.45, 2.75) is 226 Å². The van der Waals surface area contributed by atoms with Crippen LogP contribution in [-0.4, -0.2) is 74.3 Å². The number of nitrogens with one attached hydrogen (secondary N) is 1. The molecular formula is C59H104N2O7P+. The predicted octanol–water partition coefficient (Wildman–Crippen LogP) is 16.4. The van der Waals surface area contributed by atoms with Crippen LogP contribution in [0.25, 0.3) is 0 Å². The minimum atomic E-state index is -4.47. The average Bonchev–Trinajstić information content (AvgIpc) is 3.31. The lowest BCUT2D eigenvalue weighted by atomic mass is 10.0. The molecule has 396 valence electrons. The zero-order valence-electron chi connectivity index (χ0n) is 45.0. The van der Waals surface area contributed by atoms with Crippen molar-refractivity contribution in [3.63, 3.8) is 0 Å². The smallest absolute Gasteiger partial charge is 0.456 e. The number of hydrogen-bond donors (Lipinski definition) is 2. The highest BCUT2D eigenvalue weighted by molar-refractivity contribution is 7.47. The third-order valence-electron chi connectivity index (χ3n) is 11.6. The molecule has 2 N–H and O–H groups in total. The molecule has 9 nitrogen and oxygen atoms in total. The number of hydrogen-bond acceptors (Lipinski definition) is 6. The Hall–Kier alpha value is -3.07. The van der Waals surface area contributed by atoms with E-state index in [9.17, 15) is 19.0 Å². The Morgan fingerprint density at radius 3 is 1.57 bits per heavy atom. The molecule has 0 spiro atoms. The summed E-state index contributed by atoms with van der Waals surface area (Å²) in [6, 6.07) is -0.889. The van der Waals surface area contributed by atoms with Gasteiger partial charge in [-0.1, -0.05) is 208 Å². The predicted molar refractivity (Wildman–Crippen MR) is 295 cm³/mol. The van der Waals surface area contributed by atoms with Gasteiger partial charge in [0.2, 0.25) is 5.91 Å². The molecule has 0 radical (unpaired) electrons. The second kappa shape index (κ2) is 48.6. The van der Waals surface area contributed by atoms with Crippen molar-refractivity contribution in [1.29, 1.82) is 0 Å².